The Kier molecular flexibility index (Phi) is 7.33. The zero-order valence-corrected chi connectivity index (χ0v) is 19.4. The number of hydrogen-bond acceptors (Lipinski definition) is 4. The maximum atomic E-state index is 12.9. The summed E-state index contributed by atoms with van der Waals surface area (Å²) in [7, 11) is 0. The van der Waals surface area contributed by atoms with Gasteiger partial charge in [0.15, 0.2) is 0 Å². The topological polar surface area (TPSA) is 55.9 Å². The molecule has 1 fully saturated rings. The van der Waals surface area contributed by atoms with E-state index in [9.17, 15) is 9.59 Å². The summed E-state index contributed by atoms with van der Waals surface area (Å²) < 4.78 is 0. The molecule has 2 aromatic rings. The van der Waals surface area contributed by atoms with E-state index >= 15 is 0 Å². The molecule has 1 N–H and O–H groups in total. The van der Waals surface area contributed by atoms with Crippen LogP contribution in [0.25, 0.3) is 0 Å². The average Bonchev–Trinajstić information content (AvgIpc) is 3.21. The van der Waals surface area contributed by atoms with Gasteiger partial charge in [0, 0.05) is 62.0 Å². The number of halogens is 1. The standard InChI is InChI=1S/C25H31ClN4O2/c1-2-24(31)30-22-10-4-3-7-19(22)17-23(30)25(32)27-11-6-12-28-13-15-29(16-14-28)21-9-5-8-20(26)18-21/h3-5,7-10,18,23H,2,6,11-17H2,1H3,(H,27,32)/t23-/m0/s1. The summed E-state index contributed by atoms with van der Waals surface area (Å²) in [6.45, 7) is 7.35. The van der Waals surface area contributed by atoms with Gasteiger partial charge in [-0.3, -0.25) is 19.4 Å². The number of piperazine rings is 1. The lowest BCUT2D eigenvalue weighted by Crippen LogP contribution is -2.49. The number of hydrogen-bond donors (Lipinski definition) is 1. The summed E-state index contributed by atoms with van der Waals surface area (Å²) in [5.41, 5.74) is 3.11. The third-order valence-corrected chi connectivity index (χ3v) is 6.58. The first-order chi connectivity index (χ1) is 15.6. The van der Waals surface area contributed by atoms with E-state index in [4.69, 9.17) is 11.6 Å². The molecule has 0 saturated carbocycles. The van der Waals surface area contributed by atoms with Gasteiger partial charge < -0.3 is 10.2 Å². The molecule has 2 aromatic carbocycles. The number of carbonyl (C=O) groups is 2. The molecule has 2 heterocycles. The molecule has 0 bridgehead atoms. The monoisotopic (exact) mass is 454 g/mol. The molecule has 170 valence electrons. The predicted octanol–water partition coefficient (Wildman–Crippen LogP) is 3.34. The highest BCUT2D eigenvalue weighted by Gasteiger charge is 2.37. The van der Waals surface area contributed by atoms with Crippen LogP contribution in [0, 0.1) is 0 Å². The molecule has 7 heteroatoms. The van der Waals surface area contributed by atoms with Crippen LogP contribution in [0.15, 0.2) is 48.5 Å². The second-order valence-electron chi connectivity index (χ2n) is 8.42. The lowest BCUT2D eigenvalue weighted by molar-refractivity contribution is -0.126. The minimum atomic E-state index is -0.443. The van der Waals surface area contributed by atoms with E-state index in [2.05, 4.69) is 21.2 Å². The van der Waals surface area contributed by atoms with Crippen LogP contribution in [0.5, 0.6) is 0 Å². The van der Waals surface area contributed by atoms with Gasteiger partial charge in [-0.15, -0.1) is 0 Å². The lowest BCUT2D eigenvalue weighted by Gasteiger charge is -2.36. The van der Waals surface area contributed by atoms with Crippen LogP contribution in [0.4, 0.5) is 11.4 Å². The van der Waals surface area contributed by atoms with Crippen molar-refractivity contribution in [2.75, 3.05) is 49.1 Å². The maximum absolute atomic E-state index is 12.9. The van der Waals surface area contributed by atoms with Crippen molar-refractivity contribution >= 4 is 34.8 Å². The van der Waals surface area contributed by atoms with Crippen molar-refractivity contribution in [3.63, 3.8) is 0 Å². The molecular formula is C25H31ClN4O2. The third-order valence-electron chi connectivity index (χ3n) is 6.35. The van der Waals surface area contributed by atoms with Crippen molar-refractivity contribution in [1.29, 1.82) is 0 Å². The van der Waals surface area contributed by atoms with Gasteiger partial charge in [-0.25, -0.2) is 0 Å². The van der Waals surface area contributed by atoms with Crippen LogP contribution >= 0.6 is 11.6 Å². The molecule has 0 aromatic heterocycles. The Morgan fingerprint density at radius 2 is 1.84 bits per heavy atom. The fourth-order valence-electron chi connectivity index (χ4n) is 4.61. The Morgan fingerprint density at radius 3 is 2.59 bits per heavy atom. The zero-order chi connectivity index (χ0) is 22.5. The van der Waals surface area contributed by atoms with Crippen molar-refractivity contribution in [3.05, 3.63) is 59.1 Å². The molecule has 1 atom stereocenters. The van der Waals surface area contributed by atoms with E-state index in [0.717, 1.165) is 55.4 Å². The summed E-state index contributed by atoms with van der Waals surface area (Å²) >= 11 is 6.12. The lowest BCUT2D eigenvalue weighted by atomic mass is 10.1. The Morgan fingerprint density at radius 1 is 1.06 bits per heavy atom. The molecule has 2 aliphatic heterocycles. The average molecular weight is 455 g/mol. The molecule has 2 aliphatic rings. The first-order valence-corrected chi connectivity index (χ1v) is 11.8. The molecule has 32 heavy (non-hydrogen) atoms. The number of amides is 2. The highest BCUT2D eigenvalue weighted by atomic mass is 35.5. The first kappa shape index (κ1) is 22.6. The maximum Gasteiger partial charge on any atom is 0.243 e. The molecular weight excluding hydrogens is 424 g/mol. The van der Waals surface area contributed by atoms with Crippen molar-refractivity contribution < 1.29 is 9.59 Å². The van der Waals surface area contributed by atoms with Crippen molar-refractivity contribution in [2.24, 2.45) is 0 Å². The summed E-state index contributed by atoms with van der Waals surface area (Å²) in [5, 5.41) is 3.83. The third kappa shape index (κ3) is 5.08. The van der Waals surface area contributed by atoms with E-state index in [0.29, 0.717) is 19.4 Å². The number of anilines is 2. The van der Waals surface area contributed by atoms with Crippen LogP contribution < -0.4 is 15.1 Å². The number of nitrogens with zero attached hydrogens (tertiary/aromatic N) is 3. The summed E-state index contributed by atoms with van der Waals surface area (Å²) in [4.78, 5) is 31.9. The molecule has 0 unspecified atom stereocenters. The van der Waals surface area contributed by atoms with Crippen molar-refractivity contribution in [1.82, 2.24) is 10.2 Å². The summed E-state index contributed by atoms with van der Waals surface area (Å²) in [5.74, 6) is -0.0681. The molecule has 4 rings (SSSR count). The first-order valence-electron chi connectivity index (χ1n) is 11.5. The van der Waals surface area contributed by atoms with Gasteiger partial charge in [0.05, 0.1) is 0 Å². The normalized spacial score (nSPS) is 18.5. The van der Waals surface area contributed by atoms with Gasteiger partial charge in [0.25, 0.3) is 0 Å². The SMILES string of the molecule is CCC(=O)N1c2ccccc2C[C@H]1C(=O)NCCCN1CCN(c2cccc(Cl)c2)CC1. The predicted molar refractivity (Wildman–Crippen MR) is 129 cm³/mol. The van der Waals surface area contributed by atoms with Crippen molar-refractivity contribution in [2.45, 2.75) is 32.2 Å². The van der Waals surface area contributed by atoms with Crippen LogP contribution in [0.1, 0.15) is 25.3 Å². The van der Waals surface area contributed by atoms with E-state index < -0.39 is 6.04 Å². The van der Waals surface area contributed by atoms with E-state index in [1.807, 2.05) is 49.4 Å². The Bertz CT molecular complexity index is 958. The zero-order valence-electron chi connectivity index (χ0n) is 18.6. The number of nitrogens with one attached hydrogen (secondary N) is 1. The van der Waals surface area contributed by atoms with Gasteiger partial charge in [0.1, 0.15) is 6.04 Å². The number of carbonyl (C=O) groups excluding carboxylic acids is 2. The van der Waals surface area contributed by atoms with Crippen LogP contribution in [0.2, 0.25) is 5.02 Å². The molecule has 0 radical (unpaired) electrons. The van der Waals surface area contributed by atoms with Gasteiger partial charge in [-0.05, 0) is 42.8 Å². The Labute approximate surface area is 195 Å². The fourth-order valence-corrected chi connectivity index (χ4v) is 4.79. The molecule has 6 nitrogen and oxygen atoms in total. The van der Waals surface area contributed by atoms with Gasteiger partial charge in [-0.2, -0.15) is 0 Å². The van der Waals surface area contributed by atoms with Crippen LogP contribution in [-0.4, -0.2) is 62.0 Å². The van der Waals surface area contributed by atoms with E-state index in [1.165, 1.54) is 5.69 Å². The quantitative estimate of drug-likeness (QED) is 0.652. The second kappa shape index (κ2) is 10.4. The minimum absolute atomic E-state index is 0.00678. The molecule has 0 aliphatic carbocycles. The van der Waals surface area contributed by atoms with E-state index in [-0.39, 0.29) is 11.8 Å². The highest BCUT2D eigenvalue weighted by Crippen LogP contribution is 2.32. The number of rotatable bonds is 7. The van der Waals surface area contributed by atoms with Crippen LogP contribution in [-0.2, 0) is 16.0 Å². The fraction of sp³-hybridized carbons (Fsp3) is 0.440. The van der Waals surface area contributed by atoms with Crippen molar-refractivity contribution in [3.8, 4) is 0 Å². The molecule has 2 amide bonds. The van der Waals surface area contributed by atoms with Gasteiger partial charge in [-0.1, -0.05) is 42.8 Å². The number of fused-ring (bicyclic) bond motifs is 1. The highest BCUT2D eigenvalue weighted by molar-refractivity contribution is 6.30. The smallest absolute Gasteiger partial charge is 0.243 e. The van der Waals surface area contributed by atoms with Gasteiger partial charge in [0.2, 0.25) is 11.8 Å². The Hall–Kier alpha value is -2.57. The van der Waals surface area contributed by atoms with Crippen LogP contribution in [0.3, 0.4) is 0 Å². The van der Waals surface area contributed by atoms with Gasteiger partial charge >= 0.3 is 0 Å². The summed E-state index contributed by atoms with van der Waals surface area (Å²) in [6, 6.07) is 15.4. The Balaban J connectivity index is 1.21. The largest absolute Gasteiger partial charge is 0.369 e. The second-order valence-corrected chi connectivity index (χ2v) is 8.86. The molecule has 1 saturated heterocycles. The number of benzene rings is 2. The molecule has 0 spiro atoms. The number of para-hydroxylation sites is 1. The minimum Gasteiger partial charge on any atom is -0.369 e. The van der Waals surface area contributed by atoms with E-state index in [1.54, 1.807) is 4.90 Å². The summed E-state index contributed by atoms with van der Waals surface area (Å²) in [6.07, 6.45) is 1.86.